The molecule has 0 aliphatic carbocycles. The number of hydrogen-bond acceptors (Lipinski definition) is 4. The molecule has 0 atom stereocenters. The van der Waals surface area contributed by atoms with Crippen molar-refractivity contribution in [2.45, 2.75) is 13.0 Å². The topological polar surface area (TPSA) is 87.7 Å². The molecule has 1 aliphatic heterocycles. The molecule has 1 heterocycles. The van der Waals surface area contributed by atoms with Crippen LogP contribution in [0.1, 0.15) is 27.0 Å². The lowest BCUT2D eigenvalue weighted by molar-refractivity contribution is -0.125. The summed E-state index contributed by atoms with van der Waals surface area (Å²) >= 11 is 0. The standard InChI is InChI=1S/C25H23N3O4/c1-32-22-12-11-20(14-19(22)13-17-7-3-2-4-8-17)27-24(30)21-10-6-5-9-18(21)16-28-23(29)15-26-25(28)31/h2-12,14H,13,15-16H2,1H3,(H,26,31)(H,27,30). The molecular weight excluding hydrogens is 406 g/mol. The Morgan fingerprint density at radius 3 is 2.47 bits per heavy atom. The molecule has 7 nitrogen and oxygen atoms in total. The highest BCUT2D eigenvalue weighted by atomic mass is 16.5. The van der Waals surface area contributed by atoms with Crippen LogP contribution >= 0.6 is 0 Å². The van der Waals surface area contributed by atoms with Crippen LogP contribution in [0, 0.1) is 0 Å². The molecule has 162 valence electrons. The van der Waals surface area contributed by atoms with Crippen LogP contribution in [0.5, 0.6) is 5.75 Å². The summed E-state index contributed by atoms with van der Waals surface area (Å²) in [4.78, 5) is 38.0. The second-order valence-electron chi connectivity index (χ2n) is 7.44. The van der Waals surface area contributed by atoms with Gasteiger partial charge in [0, 0.05) is 23.2 Å². The fourth-order valence-corrected chi connectivity index (χ4v) is 3.67. The fraction of sp³-hybridized carbons (Fsp3) is 0.160. The van der Waals surface area contributed by atoms with Crippen molar-refractivity contribution in [2.24, 2.45) is 0 Å². The predicted molar refractivity (Wildman–Crippen MR) is 121 cm³/mol. The van der Waals surface area contributed by atoms with Crippen molar-refractivity contribution in [1.29, 1.82) is 0 Å². The Morgan fingerprint density at radius 2 is 1.75 bits per heavy atom. The van der Waals surface area contributed by atoms with Crippen molar-refractivity contribution in [3.63, 3.8) is 0 Å². The number of benzene rings is 3. The maximum Gasteiger partial charge on any atom is 0.324 e. The number of ether oxygens (including phenoxy) is 1. The average Bonchev–Trinajstić information content (AvgIpc) is 3.12. The van der Waals surface area contributed by atoms with Crippen LogP contribution in [-0.4, -0.2) is 36.4 Å². The molecule has 0 unspecified atom stereocenters. The molecule has 32 heavy (non-hydrogen) atoms. The molecule has 4 amide bonds. The quantitative estimate of drug-likeness (QED) is 0.562. The molecule has 0 aromatic heterocycles. The Morgan fingerprint density at radius 1 is 1.00 bits per heavy atom. The van der Waals surface area contributed by atoms with Crippen molar-refractivity contribution >= 4 is 23.5 Å². The van der Waals surface area contributed by atoms with E-state index in [-0.39, 0.29) is 24.9 Å². The summed E-state index contributed by atoms with van der Waals surface area (Å²) in [5, 5.41) is 5.42. The molecule has 1 aliphatic rings. The Bertz CT molecular complexity index is 1140. The van der Waals surface area contributed by atoms with Gasteiger partial charge < -0.3 is 15.4 Å². The smallest absolute Gasteiger partial charge is 0.324 e. The van der Waals surface area contributed by atoms with Gasteiger partial charge in [0.25, 0.3) is 5.91 Å². The van der Waals surface area contributed by atoms with Gasteiger partial charge in [0.05, 0.1) is 20.2 Å². The van der Waals surface area contributed by atoms with Crippen LogP contribution in [0.2, 0.25) is 0 Å². The highest BCUT2D eigenvalue weighted by molar-refractivity contribution is 6.06. The van der Waals surface area contributed by atoms with Gasteiger partial charge in [-0.3, -0.25) is 14.5 Å². The van der Waals surface area contributed by atoms with Gasteiger partial charge in [0.2, 0.25) is 5.91 Å². The number of nitrogens with zero attached hydrogens (tertiary/aromatic N) is 1. The monoisotopic (exact) mass is 429 g/mol. The summed E-state index contributed by atoms with van der Waals surface area (Å²) in [5.41, 5.74) is 3.71. The Labute approximate surface area is 186 Å². The third-order valence-electron chi connectivity index (χ3n) is 5.30. The first kappa shape index (κ1) is 21.1. The molecule has 3 aromatic rings. The van der Waals surface area contributed by atoms with E-state index in [0.29, 0.717) is 23.2 Å². The van der Waals surface area contributed by atoms with E-state index in [2.05, 4.69) is 10.6 Å². The number of imide groups is 1. The summed E-state index contributed by atoms with van der Waals surface area (Å²) in [7, 11) is 1.62. The minimum atomic E-state index is -0.453. The van der Waals surface area contributed by atoms with E-state index in [1.165, 1.54) is 0 Å². The molecule has 4 rings (SSSR count). The van der Waals surface area contributed by atoms with Gasteiger partial charge in [-0.15, -0.1) is 0 Å². The van der Waals surface area contributed by atoms with Crippen LogP contribution < -0.4 is 15.4 Å². The number of urea groups is 1. The maximum absolute atomic E-state index is 13.0. The molecule has 1 fully saturated rings. The van der Waals surface area contributed by atoms with Gasteiger partial charge in [0.15, 0.2) is 0 Å². The molecular formula is C25H23N3O4. The minimum Gasteiger partial charge on any atom is -0.496 e. The molecule has 2 N–H and O–H groups in total. The van der Waals surface area contributed by atoms with Gasteiger partial charge >= 0.3 is 6.03 Å². The normalized spacial score (nSPS) is 13.1. The largest absolute Gasteiger partial charge is 0.496 e. The van der Waals surface area contributed by atoms with E-state index in [1.54, 1.807) is 37.4 Å². The Kier molecular flexibility index (Phi) is 6.17. The summed E-state index contributed by atoms with van der Waals surface area (Å²) < 4.78 is 5.49. The van der Waals surface area contributed by atoms with Gasteiger partial charge in [0.1, 0.15) is 5.75 Å². The average molecular weight is 429 g/mol. The van der Waals surface area contributed by atoms with E-state index in [9.17, 15) is 14.4 Å². The van der Waals surface area contributed by atoms with Crippen molar-refractivity contribution < 1.29 is 19.1 Å². The number of methoxy groups -OCH3 is 1. The lowest BCUT2D eigenvalue weighted by Crippen LogP contribution is -2.31. The zero-order chi connectivity index (χ0) is 22.5. The summed E-state index contributed by atoms with van der Waals surface area (Å²) in [6.45, 7) is 0.0133. The second-order valence-corrected chi connectivity index (χ2v) is 7.44. The molecule has 1 saturated heterocycles. The van der Waals surface area contributed by atoms with Crippen molar-refractivity contribution in [1.82, 2.24) is 10.2 Å². The fourth-order valence-electron chi connectivity index (χ4n) is 3.67. The van der Waals surface area contributed by atoms with Crippen LogP contribution in [0.25, 0.3) is 0 Å². The van der Waals surface area contributed by atoms with Crippen LogP contribution in [-0.2, 0) is 17.8 Å². The maximum atomic E-state index is 13.0. The van der Waals surface area contributed by atoms with Crippen molar-refractivity contribution in [3.8, 4) is 5.75 Å². The first-order chi connectivity index (χ1) is 15.5. The number of hydrogen-bond donors (Lipinski definition) is 2. The lowest BCUT2D eigenvalue weighted by Gasteiger charge is -2.16. The SMILES string of the molecule is COc1ccc(NC(=O)c2ccccc2CN2C(=O)CNC2=O)cc1Cc1ccccc1. The highest BCUT2D eigenvalue weighted by Crippen LogP contribution is 2.26. The lowest BCUT2D eigenvalue weighted by atomic mass is 10.0. The molecule has 7 heteroatoms. The second kappa shape index (κ2) is 9.34. The summed E-state index contributed by atoms with van der Waals surface area (Å²) in [6.07, 6.45) is 0.663. The molecule has 0 saturated carbocycles. The summed E-state index contributed by atoms with van der Waals surface area (Å²) in [5.74, 6) is 0.111. The Balaban J connectivity index is 1.55. The van der Waals surface area contributed by atoms with E-state index < -0.39 is 6.03 Å². The minimum absolute atomic E-state index is 0.0246. The van der Waals surface area contributed by atoms with Gasteiger partial charge in [-0.1, -0.05) is 48.5 Å². The van der Waals surface area contributed by atoms with Gasteiger partial charge in [-0.25, -0.2) is 4.79 Å². The van der Waals surface area contributed by atoms with Crippen LogP contribution in [0.15, 0.2) is 72.8 Å². The molecule has 3 aromatic carbocycles. The molecule has 0 bridgehead atoms. The number of nitrogens with one attached hydrogen (secondary N) is 2. The number of carbonyl (C=O) groups is 3. The number of carbonyl (C=O) groups excluding carboxylic acids is 3. The molecule has 0 radical (unpaired) electrons. The first-order valence-corrected chi connectivity index (χ1v) is 10.2. The van der Waals surface area contributed by atoms with Crippen LogP contribution in [0.4, 0.5) is 10.5 Å². The van der Waals surface area contributed by atoms with Crippen LogP contribution in [0.3, 0.4) is 0 Å². The third-order valence-corrected chi connectivity index (χ3v) is 5.30. The third kappa shape index (κ3) is 4.62. The number of amides is 4. The first-order valence-electron chi connectivity index (χ1n) is 10.2. The van der Waals surface area contributed by atoms with Crippen molar-refractivity contribution in [2.75, 3.05) is 19.0 Å². The van der Waals surface area contributed by atoms with Gasteiger partial charge in [-0.2, -0.15) is 0 Å². The van der Waals surface area contributed by atoms with E-state index in [1.807, 2.05) is 42.5 Å². The predicted octanol–water partition coefficient (Wildman–Crippen LogP) is 3.59. The zero-order valence-corrected chi connectivity index (χ0v) is 17.6. The zero-order valence-electron chi connectivity index (χ0n) is 17.6. The summed E-state index contributed by atoms with van der Waals surface area (Å²) in [6, 6.07) is 22.0. The van der Waals surface area contributed by atoms with Gasteiger partial charge in [-0.05, 0) is 35.4 Å². The van der Waals surface area contributed by atoms with E-state index in [0.717, 1.165) is 21.8 Å². The molecule has 0 spiro atoms. The highest BCUT2D eigenvalue weighted by Gasteiger charge is 2.29. The van der Waals surface area contributed by atoms with E-state index >= 15 is 0 Å². The number of rotatable bonds is 7. The van der Waals surface area contributed by atoms with Crippen molar-refractivity contribution in [3.05, 3.63) is 95.1 Å². The van der Waals surface area contributed by atoms with E-state index in [4.69, 9.17) is 4.74 Å². The number of anilines is 1. The Hall–Kier alpha value is -4.13.